The molecule has 0 fully saturated rings. The first kappa shape index (κ1) is 16.6. The van der Waals surface area contributed by atoms with Crippen LogP contribution in [0.2, 0.25) is 5.02 Å². The van der Waals surface area contributed by atoms with Crippen LogP contribution in [0.15, 0.2) is 36.7 Å². The van der Waals surface area contributed by atoms with Crippen LogP contribution in [-0.2, 0) is 16.3 Å². The van der Waals surface area contributed by atoms with E-state index in [0.717, 1.165) is 11.4 Å². The predicted molar refractivity (Wildman–Crippen MR) is 86.7 cm³/mol. The minimum Gasteiger partial charge on any atom is -0.443 e. The summed E-state index contributed by atoms with van der Waals surface area (Å²) in [6.45, 7) is 7.71. The molecule has 0 N–H and O–H groups in total. The largest absolute Gasteiger partial charge is 0.443 e. The van der Waals surface area contributed by atoms with Crippen molar-refractivity contribution in [3.05, 3.63) is 53.1 Å². The van der Waals surface area contributed by atoms with Crippen LogP contribution in [0, 0.1) is 5.41 Å². The molecule has 4 nitrogen and oxygen atoms in total. The summed E-state index contributed by atoms with van der Waals surface area (Å²) in [5.74, 6) is 0.661. The van der Waals surface area contributed by atoms with Crippen molar-refractivity contribution < 1.29 is 9.53 Å². The van der Waals surface area contributed by atoms with E-state index in [1.165, 1.54) is 0 Å². The van der Waals surface area contributed by atoms with E-state index in [1.54, 1.807) is 6.20 Å². The van der Waals surface area contributed by atoms with Gasteiger partial charge in [0.15, 0.2) is 6.73 Å². The number of aromatic nitrogens is 2. The summed E-state index contributed by atoms with van der Waals surface area (Å²) >= 11 is 6.05. The molecule has 0 aliphatic heterocycles. The second-order valence-electron chi connectivity index (χ2n) is 6.34. The molecule has 0 aliphatic rings. The summed E-state index contributed by atoms with van der Waals surface area (Å²) in [6, 6.07) is 7.69. The average molecular weight is 321 g/mol. The number of nitrogens with zero attached hydrogens (tertiary/aromatic N) is 2. The maximum Gasteiger partial charge on any atom is 0.312 e. The van der Waals surface area contributed by atoms with Crippen molar-refractivity contribution in [2.75, 3.05) is 0 Å². The number of rotatable bonds is 4. The highest BCUT2D eigenvalue weighted by Gasteiger charge is 2.23. The molecule has 118 valence electrons. The van der Waals surface area contributed by atoms with E-state index in [1.807, 2.05) is 55.8 Å². The van der Waals surface area contributed by atoms with Crippen molar-refractivity contribution >= 4 is 17.6 Å². The summed E-state index contributed by atoms with van der Waals surface area (Å²) in [5.41, 5.74) is 0.557. The molecule has 0 saturated heterocycles. The van der Waals surface area contributed by atoms with E-state index in [4.69, 9.17) is 16.3 Å². The molecule has 5 heteroatoms. The summed E-state index contributed by atoms with van der Waals surface area (Å²) in [4.78, 5) is 16.3. The Morgan fingerprint density at radius 2 is 2.14 bits per heavy atom. The third kappa shape index (κ3) is 3.89. The zero-order valence-corrected chi connectivity index (χ0v) is 14.1. The molecule has 2 rings (SSSR count). The molecule has 0 bridgehead atoms. The van der Waals surface area contributed by atoms with Crippen LogP contribution >= 0.6 is 11.6 Å². The third-order valence-corrected chi connectivity index (χ3v) is 3.67. The van der Waals surface area contributed by atoms with Gasteiger partial charge in [0.2, 0.25) is 0 Å². The lowest BCUT2D eigenvalue weighted by molar-refractivity contribution is -0.157. The minimum absolute atomic E-state index is 0.0574. The highest BCUT2D eigenvalue weighted by Crippen LogP contribution is 2.25. The lowest BCUT2D eigenvalue weighted by atomic mass is 9.97. The Morgan fingerprint density at radius 1 is 1.41 bits per heavy atom. The van der Waals surface area contributed by atoms with Crippen molar-refractivity contribution in [3.8, 4) is 0 Å². The van der Waals surface area contributed by atoms with Gasteiger partial charge in [-0.2, -0.15) is 0 Å². The summed E-state index contributed by atoms with van der Waals surface area (Å²) in [7, 11) is 0. The van der Waals surface area contributed by atoms with Crippen molar-refractivity contribution in [2.24, 2.45) is 5.41 Å². The maximum absolute atomic E-state index is 11.9. The number of carbonyl (C=O) groups excluding carboxylic acids is 1. The van der Waals surface area contributed by atoms with Gasteiger partial charge in [-0.05, 0) is 38.5 Å². The van der Waals surface area contributed by atoms with Crippen LogP contribution in [0.25, 0.3) is 0 Å². The van der Waals surface area contributed by atoms with Gasteiger partial charge in [-0.15, -0.1) is 0 Å². The number of imidazole rings is 1. The van der Waals surface area contributed by atoms with Crippen LogP contribution in [0.1, 0.15) is 45.0 Å². The van der Waals surface area contributed by atoms with Gasteiger partial charge < -0.3 is 9.30 Å². The van der Waals surface area contributed by atoms with Crippen molar-refractivity contribution in [1.29, 1.82) is 0 Å². The number of carbonyl (C=O) groups is 1. The van der Waals surface area contributed by atoms with Gasteiger partial charge in [0.05, 0.1) is 5.41 Å². The SMILES string of the molecule is CC(c1cccc(Cl)c1)c1nccn1COC(=O)C(C)(C)C. The van der Waals surface area contributed by atoms with Crippen molar-refractivity contribution in [3.63, 3.8) is 0 Å². The lowest BCUT2D eigenvalue weighted by Crippen LogP contribution is -2.24. The molecule has 0 spiro atoms. The van der Waals surface area contributed by atoms with E-state index in [-0.39, 0.29) is 18.6 Å². The first-order valence-electron chi connectivity index (χ1n) is 7.23. The predicted octanol–water partition coefficient (Wildman–Crippen LogP) is 4.24. The molecule has 1 aromatic carbocycles. The van der Waals surface area contributed by atoms with Gasteiger partial charge in [0.1, 0.15) is 5.82 Å². The van der Waals surface area contributed by atoms with Gasteiger partial charge >= 0.3 is 5.97 Å². The first-order valence-corrected chi connectivity index (χ1v) is 7.60. The van der Waals surface area contributed by atoms with E-state index in [0.29, 0.717) is 5.02 Å². The fourth-order valence-corrected chi connectivity index (χ4v) is 2.28. The van der Waals surface area contributed by atoms with E-state index in [2.05, 4.69) is 11.9 Å². The topological polar surface area (TPSA) is 44.1 Å². The van der Waals surface area contributed by atoms with Crippen LogP contribution < -0.4 is 0 Å². The highest BCUT2D eigenvalue weighted by atomic mass is 35.5. The number of hydrogen-bond donors (Lipinski definition) is 0. The summed E-state index contributed by atoms with van der Waals surface area (Å²) in [6.07, 6.45) is 3.52. The third-order valence-electron chi connectivity index (χ3n) is 3.43. The Hall–Kier alpha value is -1.81. The molecule has 0 radical (unpaired) electrons. The quantitative estimate of drug-likeness (QED) is 0.792. The van der Waals surface area contributed by atoms with Gasteiger partial charge in [-0.3, -0.25) is 4.79 Å². The monoisotopic (exact) mass is 320 g/mol. The molecule has 0 saturated carbocycles. The summed E-state index contributed by atoms with van der Waals surface area (Å²) in [5, 5.41) is 0.696. The Bertz CT molecular complexity index is 659. The Kier molecular flexibility index (Phi) is 4.91. The van der Waals surface area contributed by atoms with Crippen molar-refractivity contribution in [2.45, 2.75) is 40.3 Å². The number of hydrogen-bond acceptors (Lipinski definition) is 3. The molecule has 1 heterocycles. The van der Waals surface area contributed by atoms with Gasteiger partial charge in [0.25, 0.3) is 0 Å². The molecule has 0 amide bonds. The van der Waals surface area contributed by atoms with Gasteiger partial charge in [-0.25, -0.2) is 4.98 Å². The molecule has 1 unspecified atom stereocenters. The maximum atomic E-state index is 11.9. The second kappa shape index (κ2) is 6.53. The number of benzene rings is 1. The zero-order valence-electron chi connectivity index (χ0n) is 13.3. The molecular weight excluding hydrogens is 300 g/mol. The van der Waals surface area contributed by atoms with Crippen LogP contribution in [-0.4, -0.2) is 15.5 Å². The lowest BCUT2D eigenvalue weighted by Gasteiger charge is -2.19. The molecule has 2 aromatic rings. The Labute approximate surface area is 136 Å². The molecule has 0 aliphatic carbocycles. The smallest absolute Gasteiger partial charge is 0.312 e. The first-order chi connectivity index (χ1) is 10.3. The molecule has 1 aromatic heterocycles. The molecule has 22 heavy (non-hydrogen) atoms. The van der Waals surface area contributed by atoms with Crippen LogP contribution in [0.5, 0.6) is 0 Å². The fourth-order valence-electron chi connectivity index (χ4n) is 2.08. The zero-order chi connectivity index (χ0) is 16.3. The highest BCUT2D eigenvalue weighted by molar-refractivity contribution is 6.30. The molecular formula is C17H21ClN2O2. The normalized spacial score (nSPS) is 13.0. The summed E-state index contributed by atoms with van der Waals surface area (Å²) < 4.78 is 7.20. The second-order valence-corrected chi connectivity index (χ2v) is 6.78. The molecule has 1 atom stereocenters. The van der Waals surface area contributed by atoms with E-state index < -0.39 is 5.41 Å². The van der Waals surface area contributed by atoms with Crippen molar-refractivity contribution in [1.82, 2.24) is 9.55 Å². The fraction of sp³-hybridized carbons (Fsp3) is 0.412. The number of esters is 1. The Balaban J connectivity index is 2.14. The van der Waals surface area contributed by atoms with Gasteiger partial charge in [-0.1, -0.05) is 30.7 Å². The number of halogens is 1. The van der Waals surface area contributed by atoms with E-state index in [9.17, 15) is 4.79 Å². The van der Waals surface area contributed by atoms with E-state index >= 15 is 0 Å². The van der Waals surface area contributed by atoms with Gasteiger partial charge in [0, 0.05) is 23.3 Å². The van der Waals surface area contributed by atoms with Crippen LogP contribution in [0.3, 0.4) is 0 Å². The minimum atomic E-state index is -0.515. The average Bonchev–Trinajstić information content (AvgIpc) is 2.91. The van der Waals surface area contributed by atoms with Crippen LogP contribution in [0.4, 0.5) is 0 Å². The Morgan fingerprint density at radius 3 is 2.77 bits per heavy atom. The number of ether oxygens (including phenoxy) is 1. The standard InChI is InChI=1S/C17H21ClN2O2/c1-12(13-6-5-7-14(18)10-13)15-19-8-9-20(15)11-22-16(21)17(2,3)4/h5-10,12H,11H2,1-4H3.